The third-order valence-electron chi connectivity index (χ3n) is 11.8. The molecular weight excluding hydrogens is 1200 g/mol. The molecule has 0 saturated heterocycles. The number of carbonyl (C=O) groups excluding carboxylic acids is 10. The van der Waals surface area contributed by atoms with Gasteiger partial charge in [-0.3, -0.25) is 67.7 Å². The molecular formula is C51H88N20O17S. The van der Waals surface area contributed by atoms with Crippen molar-refractivity contribution >= 4 is 102 Å². The predicted molar refractivity (Wildman–Crippen MR) is 325 cm³/mol. The van der Waals surface area contributed by atoms with Crippen molar-refractivity contribution in [2.24, 2.45) is 61.0 Å². The van der Waals surface area contributed by atoms with E-state index in [2.05, 4.69) is 80.8 Å². The zero-order valence-corrected chi connectivity index (χ0v) is 50.5. The van der Waals surface area contributed by atoms with Gasteiger partial charge in [-0.1, -0.05) is 44.2 Å². The van der Waals surface area contributed by atoms with Gasteiger partial charge in [-0.05, 0) is 56.4 Å². The van der Waals surface area contributed by atoms with Crippen molar-refractivity contribution in [3.8, 4) is 0 Å². The van der Waals surface area contributed by atoms with Gasteiger partial charge in [0.05, 0.1) is 32.9 Å². The van der Waals surface area contributed by atoms with E-state index >= 15 is 0 Å². The van der Waals surface area contributed by atoms with Crippen molar-refractivity contribution in [1.82, 2.24) is 53.2 Å². The Labute approximate surface area is 517 Å². The lowest BCUT2D eigenvalue weighted by atomic mass is 10.0. The highest BCUT2D eigenvalue weighted by Crippen LogP contribution is 2.10. The van der Waals surface area contributed by atoms with E-state index in [0.29, 0.717) is 5.56 Å². The molecule has 0 aliphatic rings. The van der Waals surface area contributed by atoms with Crippen molar-refractivity contribution in [2.45, 2.75) is 127 Å². The summed E-state index contributed by atoms with van der Waals surface area (Å²) in [4.78, 5) is 166. The van der Waals surface area contributed by atoms with Crippen LogP contribution >= 0.6 is 12.6 Å². The first-order chi connectivity index (χ1) is 41.9. The summed E-state index contributed by atoms with van der Waals surface area (Å²) in [6.07, 6.45) is -0.0984. The Bertz CT molecular complexity index is 2570. The van der Waals surface area contributed by atoms with Crippen molar-refractivity contribution in [3.63, 3.8) is 0 Å². The van der Waals surface area contributed by atoms with Gasteiger partial charge in [0.15, 0.2) is 17.9 Å². The highest BCUT2D eigenvalue weighted by molar-refractivity contribution is 7.80. The third-order valence-corrected chi connectivity index (χ3v) is 12.2. The highest BCUT2D eigenvalue weighted by Gasteiger charge is 2.34. The highest BCUT2D eigenvalue weighted by atomic mass is 32.1. The first-order valence-electron chi connectivity index (χ1n) is 27.7. The second-order valence-corrected chi connectivity index (χ2v) is 20.3. The number of hydrogen-bond acceptors (Lipinski definition) is 20. The monoisotopic (exact) mass is 1280 g/mol. The van der Waals surface area contributed by atoms with Crippen LogP contribution in [0.4, 0.5) is 0 Å². The van der Waals surface area contributed by atoms with Crippen LogP contribution in [-0.4, -0.2) is 227 Å². The molecule has 37 nitrogen and oxygen atoms in total. The minimum absolute atomic E-state index is 0.00239. The molecule has 0 aliphatic heterocycles. The number of carboxylic acids is 2. The van der Waals surface area contributed by atoms with E-state index in [-0.39, 0.29) is 94.8 Å². The number of thiol groups is 1. The molecule has 1 aromatic rings. The molecule has 0 bridgehead atoms. The van der Waals surface area contributed by atoms with Crippen LogP contribution in [0.5, 0.6) is 0 Å². The van der Waals surface area contributed by atoms with Crippen molar-refractivity contribution < 1.29 is 83.1 Å². The Morgan fingerprint density at radius 2 is 0.843 bits per heavy atom. The Morgan fingerprint density at radius 1 is 0.472 bits per heavy atom. The molecule has 1 aromatic carbocycles. The smallest absolute Gasteiger partial charge is 0.326 e. The van der Waals surface area contributed by atoms with E-state index in [1.165, 1.54) is 0 Å². The maximum absolute atomic E-state index is 14.0. The second-order valence-electron chi connectivity index (χ2n) is 19.9. The van der Waals surface area contributed by atoms with Crippen LogP contribution in [0.25, 0.3) is 0 Å². The van der Waals surface area contributed by atoms with Gasteiger partial charge in [-0.2, -0.15) is 12.6 Å². The fourth-order valence-electron chi connectivity index (χ4n) is 7.42. The predicted octanol–water partition coefficient (Wildman–Crippen LogP) is -10.0. The minimum atomic E-state index is -1.87. The second kappa shape index (κ2) is 44.3. The van der Waals surface area contributed by atoms with Crippen LogP contribution in [0.2, 0.25) is 0 Å². The molecule has 0 aliphatic carbocycles. The number of amides is 10. The number of aliphatic hydroxyl groups excluding tert-OH is 3. The number of carbonyl (C=O) groups is 12. The lowest BCUT2D eigenvalue weighted by Crippen LogP contribution is -2.61. The van der Waals surface area contributed by atoms with E-state index in [0.717, 1.165) is 6.92 Å². The molecule has 9 atom stereocenters. The molecule has 500 valence electrons. The summed E-state index contributed by atoms with van der Waals surface area (Å²) in [5.74, 6) is -13.3. The SMILES string of the molecule is CC(=O)O.CC(C)CC(NC(=O)C(N)CO)C(=O)NC(CCCN=C(N)N)C(=O)NC(CCCN=C(N)N)C(=O)NC(CO)C(=O)NC(CO)C(=O)NC(CS)C(=O)NC(Cc1ccccc1)C(=O)NCC(=O)NCC(=O)NC(CCCN=C(N)N)C(=O)O. The van der Waals surface area contributed by atoms with Crippen LogP contribution in [0, 0.1) is 5.92 Å². The molecule has 0 spiro atoms. The molecule has 0 fully saturated rings. The van der Waals surface area contributed by atoms with E-state index in [4.69, 9.17) is 50.0 Å². The standard InChI is InChI=1S/C49H84N20O15S.C2H4O2/c1-25(2)17-31(65-38(75)27(50)21-70)42(79)64-28(11-6-14-57-47(51)52)40(77)63-29(12-7-15-58-48(53)54)41(78)67-33(22-71)43(80)68-34(23-72)44(81)69-35(24-85)45(82)66-32(18-26-9-4-3-5-10-26)39(76)61-19-36(73)60-20-37(74)62-30(46(83)84)13-8-16-59-49(55)56;1-2(3)4/h3-5,9-10,25,27-35,70-72,85H,6-8,11-24,50H2,1-2H3,(H,60,73)(H,61,76)(H,62,74)(H,63,77)(H,64,79)(H,65,75)(H,66,82)(H,67,78)(H,68,80)(H,69,81)(H,83,84)(H4,51,52,57)(H4,53,54,58)(H4,55,56,59);1H3,(H,3,4). The van der Waals surface area contributed by atoms with E-state index < -0.39 is 164 Å². The van der Waals surface area contributed by atoms with E-state index in [9.17, 15) is 73.2 Å². The molecule has 0 heterocycles. The van der Waals surface area contributed by atoms with Crippen LogP contribution < -0.4 is 93.3 Å². The number of guanidine groups is 3. The fraction of sp³-hybridized carbons (Fsp3) is 0.588. The maximum Gasteiger partial charge on any atom is 0.326 e. The first-order valence-corrected chi connectivity index (χ1v) is 28.3. The number of nitrogens with zero attached hydrogens (tertiary/aromatic N) is 3. The summed E-state index contributed by atoms with van der Waals surface area (Å²) >= 11 is 4.16. The molecule has 89 heavy (non-hydrogen) atoms. The average Bonchev–Trinajstić information content (AvgIpc) is 3.24. The number of nitrogens with one attached hydrogen (secondary N) is 10. The fourth-order valence-corrected chi connectivity index (χ4v) is 7.68. The number of carboxylic acid groups (broad SMARTS) is 2. The number of nitrogens with two attached hydrogens (primary N) is 7. The third kappa shape index (κ3) is 35.9. The zero-order chi connectivity index (χ0) is 67.8. The summed E-state index contributed by atoms with van der Waals surface area (Å²) in [5, 5.41) is 70.4. The summed E-state index contributed by atoms with van der Waals surface area (Å²) < 4.78 is 0. The summed E-state index contributed by atoms with van der Waals surface area (Å²) in [7, 11) is 0. The van der Waals surface area contributed by atoms with Crippen LogP contribution in [-0.2, 0) is 64.0 Å². The van der Waals surface area contributed by atoms with Gasteiger partial charge < -0.3 is 119 Å². The molecule has 38 heteroatoms. The largest absolute Gasteiger partial charge is 0.481 e. The maximum atomic E-state index is 14.0. The molecule has 29 N–H and O–H groups in total. The number of aliphatic carboxylic acids is 2. The van der Waals surface area contributed by atoms with Crippen LogP contribution in [0.3, 0.4) is 0 Å². The average molecular weight is 1290 g/mol. The molecule has 9 unspecified atom stereocenters. The quantitative estimate of drug-likeness (QED) is 0.0125. The Balaban J connectivity index is 0.0000187. The first kappa shape index (κ1) is 79.9. The normalized spacial score (nSPS) is 13.6. The van der Waals surface area contributed by atoms with E-state index in [1.807, 2.05) is 0 Å². The Kier molecular flexibility index (Phi) is 39.8. The van der Waals surface area contributed by atoms with Gasteiger partial charge in [0.1, 0.15) is 54.4 Å². The number of aliphatic imine (C=N–C) groups is 3. The van der Waals surface area contributed by atoms with Crippen molar-refractivity contribution in [1.29, 1.82) is 0 Å². The van der Waals surface area contributed by atoms with Crippen molar-refractivity contribution in [2.75, 3.05) is 58.3 Å². The summed E-state index contributed by atoms with van der Waals surface area (Å²) in [6, 6.07) is -5.31. The summed E-state index contributed by atoms with van der Waals surface area (Å²) in [6.45, 7) is 0.335. The summed E-state index contributed by atoms with van der Waals surface area (Å²) in [5.41, 5.74) is 38.5. The van der Waals surface area contributed by atoms with E-state index in [1.54, 1.807) is 44.2 Å². The Hall–Kier alpha value is -9.14. The lowest BCUT2D eigenvalue weighted by Gasteiger charge is -2.27. The lowest BCUT2D eigenvalue weighted by molar-refractivity contribution is -0.142. The molecule has 0 radical (unpaired) electrons. The van der Waals surface area contributed by atoms with Gasteiger partial charge in [0.25, 0.3) is 5.97 Å². The topological polar surface area (TPSA) is 646 Å². The molecule has 0 aromatic heterocycles. The molecule has 10 amide bonds. The van der Waals surface area contributed by atoms with Crippen LogP contribution in [0.15, 0.2) is 45.3 Å². The zero-order valence-electron chi connectivity index (χ0n) is 49.6. The van der Waals surface area contributed by atoms with Crippen molar-refractivity contribution in [3.05, 3.63) is 35.9 Å². The number of hydrogen-bond donors (Lipinski definition) is 23. The Morgan fingerprint density at radius 3 is 1.25 bits per heavy atom. The minimum Gasteiger partial charge on any atom is -0.481 e. The molecule has 0 saturated carbocycles. The van der Waals surface area contributed by atoms with Gasteiger partial charge in [0, 0.05) is 38.7 Å². The number of benzene rings is 1. The van der Waals surface area contributed by atoms with Gasteiger partial charge in [-0.25, -0.2) is 4.79 Å². The van der Waals surface area contributed by atoms with Gasteiger partial charge in [0.2, 0.25) is 59.1 Å². The molecule has 1 rings (SSSR count). The number of aliphatic hydroxyl groups is 3. The number of rotatable bonds is 41. The van der Waals surface area contributed by atoms with Crippen LogP contribution in [0.1, 0.15) is 71.3 Å². The van der Waals surface area contributed by atoms with Gasteiger partial charge >= 0.3 is 5.97 Å². The van der Waals surface area contributed by atoms with Gasteiger partial charge in [-0.15, -0.1) is 0 Å².